The number of rotatable bonds is 7. The molecule has 1 amide bonds. The molecule has 0 saturated carbocycles. The van der Waals surface area contributed by atoms with Gasteiger partial charge >= 0.3 is 5.97 Å². The van der Waals surface area contributed by atoms with E-state index in [0.717, 1.165) is 16.7 Å². The van der Waals surface area contributed by atoms with Crippen LogP contribution in [0.2, 0.25) is 5.02 Å². The molecule has 0 aliphatic carbocycles. The van der Waals surface area contributed by atoms with Crippen molar-refractivity contribution in [3.8, 4) is 16.9 Å². The van der Waals surface area contributed by atoms with Crippen LogP contribution in [0.25, 0.3) is 11.1 Å². The molecule has 0 atom stereocenters. The molecule has 0 fully saturated rings. The Morgan fingerprint density at radius 1 is 0.931 bits per heavy atom. The van der Waals surface area contributed by atoms with Crippen LogP contribution in [-0.2, 0) is 16.1 Å². The summed E-state index contributed by atoms with van der Waals surface area (Å²) in [5, 5.41) is 3.21. The monoisotopic (exact) mass is 409 g/mol. The smallest absolute Gasteiger partial charge is 0.337 e. The molecule has 0 radical (unpaired) electrons. The van der Waals surface area contributed by atoms with Crippen molar-refractivity contribution in [3.63, 3.8) is 0 Å². The maximum atomic E-state index is 12.1. The second kappa shape index (κ2) is 9.75. The van der Waals surface area contributed by atoms with E-state index in [2.05, 4.69) is 10.1 Å². The Labute approximate surface area is 174 Å². The zero-order valence-electron chi connectivity index (χ0n) is 15.9. The highest BCUT2D eigenvalue weighted by molar-refractivity contribution is 6.32. The summed E-state index contributed by atoms with van der Waals surface area (Å²) in [6, 6.07) is 22.1. The molecule has 0 spiro atoms. The zero-order chi connectivity index (χ0) is 20.6. The van der Waals surface area contributed by atoms with Gasteiger partial charge in [-0.25, -0.2) is 4.79 Å². The highest BCUT2D eigenvalue weighted by atomic mass is 35.5. The predicted octanol–water partition coefficient (Wildman–Crippen LogP) is 4.49. The number of esters is 1. The maximum absolute atomic E-state index is 12.1. The average molecular weight is 410 g/mol. The van der Waals surface area contributed by atoms with Gasteiger partial charge in [-0.05, 0) is 41.0 Å². The van der Waals surface area contributed by atoms with Crippen molar-refractivity contribution >= 4 is 23.5 Å². The number of methoxy groups -OCH3 is 1. The number of hydrogen-bond donors (Lipinski definition) is 1. The molecule has 0 aromatic heterocycles. The molecule has 3 rings (SSSR count). The number of nitrogens with one attached hydrogen (secondary N) is 1. The minimum atomic E-state index is -0.399. The third-order valence-electron chi connectivity index (χ3n) is 4.26. The fraction of sp³-hybridized carbons (Fsp3) is 0.130. The number of hydrogen-bond acceptors (Lipinski definition) is 4. The molecule has 0 bridgehead atoms. The molecule has 3 aromatic rings. The minimum Gasteiger partial charge on any atom is -0.482 e. The Bertz CT molecular complexity index is 988. The van der Waals surface area contributed by atoms with Crippen LogP contribution in [0.4, 0.5) is 0 Å². The van der Waals surface area contributed by atoms with E-state index < -0.39 is 5.97 Å². The summed E-state index contributed by atoms with van der Waals surface area (Å²) in [5.41, 5.74) is 3.34. The van der Waals surface area contributed by atoms with Crippen molar-refractivity contribution in [2.75, 3.05) is 13.7 Å². The van der Waals surface area contributed by atoms with Gasteiger partial charge < -0.3 is 14.8 Å². The van der Waals surface area contributed by atoms with Gasteiger partial charge in [0.05, 0.1) is 17.7 Å². The third kappa shape index (κ3) is 5.59. The van der Waals surface area contributed by atoms with Gasteiger partial charge in [-0.15, -0.1) is 0 Å². The molecule has 148 valence electrons. The molecule has 0 heterocycles. The van der Waals surface area contributed by atoms with Crippen molar-refractivity contribution in [2.45, 2.75) is 6.54 Å². The number of ether oxygens (including phenoxy) is 2. The van der Waals surface area contributed by atoms with Gasteiger partial charge in [0.2, 0.25) is 0 Å². The maximum Gasteiger partial charge on any atom is 0.337 e. The first-order valence-corrected chi connectivity index (χ1v) is 9.36. The molecule has 29 heavy (non-hydrogen) atoms. The van der Waals surface area contributed by atoms with Crippen molar-refractivity contribution in [1.82, 2.24) is 5.32 Å². The Hall–Kier alpha value is -3.31. The van der Waals surface area contributed by atoms with Crippen LogP contribution in [0.1, 0.15) is 15.9 Å². The molecule has 0 aliphatic rings. The summed E-state index contributed by atoms with van der Waals surface area (Å²) in [6.45, 7) is 0.176. The summed E-state index contributed by atoms with van der Waals surface area (Å²) >= 11 is 6.29. The van der Waals surface area contributed by atoms with Crippen molar-refractivity contribution in [1.29, 1.82) is 0 Å². The predicted molar refractivity (Wildman–Crippen MR) is 112 cm³/mol. The van der Waals surface area contributed by atoms with Gasteiger partial charge in [-0.2, -0.15) is 0 Å². The number of carbonyl (C=O) groups excluding carboxylic acids is 2. The summed E-state index contributed by atoms with van der Waals surface area (Å²) in [4.78, 5) is 23.5. The normalized spacial score (nSPS) is 10.3. The lowest BCUT2D eigenvalue weighted by Crippen LogP contribution is -2.28. The molecule has 5 nitrogen and oxygen atoms in total. The topological polar surface area (TPSA) is 64.6 Å². The van der Waals surface area contributed by atoms with Gasteiger partial charge in [0, 0.05) is 6.54 Å². The quantitative estimate of drug-likeness (QED) is 0.584. The van der Waals surface area contributed by atoms with Gasteiger partial charge in [-0.1, -0.05) is 60.1 Å². The van der Waals surface area contributed by atoms with Crippen LogP contribution in [-0.4, -0.2) is 25.6 Å². The van der Waals surface area contributed by atoms with Gasteiger partial charge in [0.15, 0.2) is 6.61 Å². The minimum absolute atomic E-state index is 0.148. The lowest BCUT2D eigenvalue weighted by atomic mass is 10.1. The van der Waals surface area contributed by atoms with E-state index in [-0.39, 0.29) is 12.5 Å². The summed E-state index contributed by atoms with van der Waals surface area (Å²) < 4.78 is 10.2. The van der Waals surface area contributed by atoms with Crippen LogP contribution >= 0.6 is 11.6 Å². The van der Waals surface area contributed by atoms with Gasteiger partial charge in [0.1, 0.15) is 5.75 Å². The van der Waals surface area contributed by atoms with Crippen LogP contribution in [0.15, 0.2) is 72.8 Å². The fourth-order valence-electron chi connectivity index (χ4n) is 2.70. The number of carbonyl (C=O) groups is 2. The van der Waals surface area contributed by atoms with E-state index in [0.29, 0.717) is 22.9 Å². The molecule has 1 N–H and O–H groups in total. The molecular weight excluding hydrogens is 390 g/mol. The van der Waals surface area contributed by atoms with E-state index >= 15 is 0 Å². The highest BCUT2D eigenvalue weighted by Gasteiger charge is 2.09. The van der Waals surface area contributed by atoms with E-state index in [1.54, 1.807) is 30.3 Å². The molecule has 0 unspecified atom stereocenters. The lowest BCUT2D eigenvalue weighted by molar-refractivity contribution is -0.123. The number of amides is 1. The molecule has 0 saturated heterocycles. The molecule has 6 heteroatoms. The summed E-state index contributed by atoms with van der Waals surface area (Å²) in [5.74, 6) is -0.224. The lowest BCUT2D eigenvalue weighted by Gasteiger charge is -2.10. The summed E-state index contributed by atoms with van der Waals surface area (Å²) in [6.07, 6.45) is 0. The second-order valence-corrected chi connectivity index (χ2v) is 6.67. The molecular formula is C23H20ClNO4. The fourth-order valence-corrected chi connectivity index (χ4v) is 2.93. The molecule has 0 aliphatic heterocycles. The van der Waals surface area contributed by atoms with Crippen LogP contribution in [0.5, 0.6) is 5.75 Å². The average Bonchev–Trinajstić information content (AvgIpc) is 2.77. The SMILES string of the molecule is COC(=O)c1ccc(CNC(=O)COc2ccc(-c3ccccc3)cc2Cl)cc1. The van der Waals surface area contributed by atoms with E-state index in [4.69, 9.17) is 16.3 Å². The van der Waals surface area contributed by atoms with Crippen molar-refractivity contribution < 1.29 is 19.1 Å². The molecule has 3 aromatic carbocycles. The Morgan fingerprint density at radius 2 is 1.66 bits per heavy atom. The standard InChI is InChI=1S/C23H20ClNO4/c1-28-23(27)18-9-7-16(8-10-18)14-25-22(26)15-29-21-12-11-19(13-20(21)24)17-5-3-2-4-6-17/h2-13H,14-15H2,1H3,(H,25,26). The highest BCUT2D eigenvalue weighted by Crippen LogP contribution is 2.30. The Morgan fingerprint density at radius 3 is 2.31 bits per heavy atom. The van der Waals surface area contributed by atoms with E-state index in [1.807, 2.05) is 42.5 Å². The second-order valence-electron chi connectivity index (χ2n) is 6.27. The van der Waals surface area contributed by atoms with Crippen molar-refractivity contribution in [2.24, 2.45) is 0 Å². The van der Waals surface area contributed by atoms with E-state index in [1.165, 1.54) is 7.11 Å². The largest absolute Gasteiger partial charge is 0.482 e. The number of benzene rings is 3. The summed E-state index contributed by atoms with van der Waals surface area (Å²) in [7, 11) is 1.33. The Balaban J connectivity index is 1.51. The first kappa shape index (κ1) is 20.4. The van der Waals surface area contributed by atoms with Gasteiger partial charge in [0.25, 0.3) is 5.91 Å². The Kier molecular flexibility index (Phi) is 6.87. The zero-order valence-corrected chi connectivity index (χ0v) is 16.6. The van der Waals surface area contributed by atoms with Crippen LogP contribution < -0.4 is 10.1 Å². The van der Waals surface area contributed by atoms with Gasteiger partial charge in [-0.3, -0.25) is 4.79 Å². The van der Waals surface area contributed by atoms with E-state index in [9.17, 15) is 9.59 Å². The van der Waals surface area contributed by atoms with Crippen LogP contribution in [0, 0.1) is 0 Å². The first-order valence-electron chi connectivity index (χ1n) is 8.98. The first-order chi connectivity index (χ1) is 14.1. The third-order valence-corrected chi connectivity index (χ3v) is 4.56. The number of halogens is 1. The van der Waals surface area contributed by atoms with Crippen molar-refractivity contribution in [3.05, 3.63) is 88.9 Å². The van der Waals surface area contributed by atoms with Crippen LogP contribution in [0.3, 0.4) is 0 Å².